The van der Waals surface area contributed by atoms with Crippen molar-refractivity contribution in [3.05, 3.63) is 90.0 Å². The molecule has 0 unspecified atom stereocenters. The van der Waals surface area contributed by atoms with Gasteiger partial charge < -0.3 is 9.67 Å². The van der Waals surface area contributed by atoms with E-state index in [2.05, 4.69) is 32.3 Å². The van der Waals surface area contributed by atoms with Gasteiger partial charge in [-0.15, -0.1) is 12.1 Å². The Labute approximate surface area is 195 Å². The number of halogens is 4. The zero-order valence-electron chi connectivity index (χ0n) is 16.8. The van der Waals surface area contributed by atoms with E-state index in [1.165, 1.54) is 12.3 Å². The van der Waals surface area contributed by atoms with E-state index < -0.39 is 23.2 Å². The third-order valence-corrected chi connectivity index (χ3v) is 4.75. The second-order valence-electron chi connectivity index (χ2n) is 7.27. The van der Waals surface area contributed by atoms with Crippen molar-refractivity contribution >= 4 is 0 Å². The van der Waals surface area contributed by atoms with Gasteiger partial charge in [-0.1, -0.05) is 30.5 Å². The largest absolute Gasteiger partial charge is 2.00 e. The van der Waals surface area contributed by atoms with Gasteiger partial charge in [0, 0.05) is 16.8 Å². The van der Waals surface area contributed by atoms with E-state index >= 15 is 0 Å². The molecule has 0 radical (unpaired) electrons. The third kappa shape index (κ3) is 4.77. The molecule has 0 bridgehead atoms. The van der Waals surface area contributed by atoms with Crippen molar-refractivity contribution < 1.29 is 38.6 Å². The Morgan fingerprint density at radius 3 is 2.28 bits per heavy atom. The molecule has 32 heavy (non-hydrogen) atoms. The first-order valence-corrected chi connectivity index (χ1v) is 9.18. The monoisotopic (exact) mass is 620 g/mol. The topological polar surface area (TPSA) is 56.5 Å². The smallest absolute Gasteiger partial charge is 0.343 e. The van der Waals surface area contributed by atoms with Crippen molar-refractivity contribution in [1.82, 2.24) is 24.7 Å². The Morgan fingerprint density at radius 1 is 0.938 bits per heavy atom. The first kappa shape index (κ1) is 23.7. The number of pyridine rings is 3. The van der Waals surface area contributed by atoms with Crippen LogP contribution in [-0.2, 0) is 32.7 Å². The summed E-state index contributed by atoms with van der Waals surface area (Å²) in [5.74, 6) is -0.440. The number of nitrogens with zero attached hydrogens (tertiary/aromatic N) is 5. The van der Waals surface area contributed by atoms with Gasteiger partial charge in [0.1, 0.15) is 0 Å². The zero-order chi connectivity index (χ0) is 22.2. The summed E-state index contributed by atoms with van der Waals surface area (Å²) in [5.41, 5.74) is 0.417. The summed E-state index contributed by atoms with van der Waals surface area (Å²) in [5, 5.41) is 3.52. The molecule has 4 rings (SSSR count). The molecule has 5 nitrogen and oxygen atoms in total. The average molecular weight is 620 g/mol. The van der Waals surface area contributed by atoms with Crippen molar-refractivity contribution in [2.45, 2.75) is 25.4 Å². The molecular weight excluding hydrogens is 605 g/mol. The van der Waals surface area contributed by atoms with Gasteiger partial charge >= 0.3 is 27.2 Å². The minimum Gasteiger partial charge on any atom is -0.343 e. The summed E-state index contributed by atoms with van der Waals surface area (Å²) in [4.78, 5) is 12.6. The van der Waals surface area contributed by atoms with Gasteiger partial charge in [-0.25, -0.2) is 4.39 Å². The zero-order valence-corrected chi connectivity index (χ0v) is 19.0. The molecular formula is C22H15F4N5Pt. The minimum absolute atomic E-state index is 0. The summed E-state index contributed by atoms with van der Waals surface area (Å²) in [6, 6.07) is 15.2. The quantitative estimate of drug-likeness (QED) is 0.187. The van der Waals surface area contributed by atoms with Gasteiger partial charge in [-0.05, 0) is 37.9 Å². The summed E-state index contributed by atoms with van der Waals surface area (Å²) in [7, 11) is 0. The summed E-state index contributed by atoms with van der Waals surface area (Å²) in [6.07, 6.45) is -0.877. The molecule has 0 saturated carbocycles. The van der Waals surface area contributed by atoms with Crippen molar-refractivity contribution in [3.63, 3.8) is 0 Å². The van der Waals surface area contributed by atoms with E-state index in [1.54, 1.807) is 36.4 Å². The van der Waals surface area contributed by atoms with E-state index in [0.717, 1.165) is 10.7 Å². The van der Waals surface area contributed by atoms with E-state index in [4.69, 9.17) is 0 Å². The maximum atomic E-state index is 13.5. The normalized spacial score (nSPS) is 11.8. The van der Waals surface area contributed by atoms with E-state index in [0.29, 0.717) is 22.6 Å². The fraction of sp³-hybridized carbons (Fsp3) is 0.182. The van der Waals surface area contributed by atoms with Gasteiger partial charge in [0.2, 0.25) is 0 Å². The molecule has 0 amide bonds. The average Bonchev–Trinajstić information content (AvgIpc) is 3.25. The van der Waals surface area contributed by atoms with Crippen LogP contribution in [0.15, 0.2) is 54.7 Å². The first-order chi connectivity index (χ1) is 14.6. The maximum Gasteiger partial charge on any atom is 2.00 e. The SMILES string of the molecule is CC(C)(c1cccc(-c2[c-]cnc(F)c2)n1)c1cccc(-n2[c-]cc(C(F)(F)F)n2)n1.[Pt+2]. The van der Waals surface area contributed by atoms with Crippen LogP contribution < -0.4 is 0 Å². The summed E-state index contributed by atoms with van der Waals surface area (Å²) in [6.45, 7) is 3.77. The minimum atomic E-state index is -4.56. The van der Waals surface area contributed by atoms with Crippen LogP contribution in [0.1, 0.15) is 30.9 Å². The number of hydrogen-bond donors (Lipinski definition) is 0. The van der Waals surface area contributed by atoms with Crippen LogP contribution in [-0.4, -0.2) is 24.7 Å². The van der Waals surface area contributed by atoms with Gasteiger partial charge in [0.15, 0.2) is 5.95 Å². The summed E-state index contributed by atoms with van der Waals surface area (Å²) < 4.78 is 53.0. The van der Waals surface area contributed by atoms with E-state index in [1.807, 2.05) is 13.8 Å². The Hall–Kier alpha value is -2.93. The molecule has 0 saturated heterocycles. The fourth-order valence-corrected chi connectivity index (χ4v) is 3.01. The van der Waals surface area contributed by atoms with Crippen molar-refractivity contribution in [2.24, 2.45) is 0 Å². The molecule has 0 aliphatic rings. The van der Waals surface area contributed by atoms with Crippen molar-refractivity contribution in [3.8, 4) is 17.1 Å². The van der Waals surface area contributed by atoms with E-state index in [9.17, 15) is 17.6 Å². The molecule has 166 valence electrons. The number of alkyl halides is 3. The predicted molar refractivity (Wildman–Crippen MR) is 104 cm³/mol. The Morgan fingerprint density at radius 2 is 1.62 bits per heavy atom. The Balaban J connectivity index is 0.00000289. The van der Waals surface area contributed by atoms with Gasteiger partial charge in [-0.3, -0.25) is 15.1 Å². The number of hydrogen-bond acceptors (Lipinski definition) is 4. The van der Waals surface area contributed by atoms with Crippen LogP contribution in [0.5, 0.6) is 0 Å². The summed E-state index contributed by atoms with van der Waals surface area (Å²) >= 11 is 0. The Kier molecular flexibility index (Phi) is 6.60. The molecule has 0 aliphatic carbocycles. The van der Waals surface area contributed by atoms with E-state index in [-0.39, 0.29) is 26.9 Å². The second-order valence-corrected chi connectivity index (χ2v) is 7.27. The van der Waals surface area contributed by atoms with Crippen LogP contribution >= 0.6 is 0 Å². The second kappa shape index (κ2) is 8.90. The standard InChI is InChI=1S/C22H15F4N5.Pt/c1-21(2,16-6-3-5-15(28-16)14-9-11-27-19(23)13-14)17-7-4-8-20(29-17)31-12-10-18(30-31)22(24,25)26;/h3-8,10-11,13H,1-2H3;/q-2;+2. The van der Waals surface area contributed by atoms with Gasteiger partial charge in [0.25, 0.3) is 0 Å². The van der Waals surface area contributed by atoms with Crippen LogP contribution in [0.25, 0.3) is 17.1 Å². The van der Waals surface area contributed by atoms with Crippen LogP contribution in [0.2, 0.25) is 0 Å². The third-order valence-electron chi connectivity index (χ3n) is 4.75. The molecule has 4 heterocycles. The molecule has 10 heteroatoms. The van der Waals surface area contributed by atoms with Gasteiger partial charge in [-0.2, -0.15) is 24.8 Å². The predicted octanol–water partition coefficient (Wildman–Crippen LogP) is 4.81. The number of rotatable bonds is 4. The molecule has 0 spiro atoms. The molecule has 0 aromatic carbocycles. The first-order valence-electron chi connectivity index (χ1n) is 9.18. The maximum absolute atomic E-state index is 13.5. The molecule has 4 aromatic heterocycles. The Bertz CT molecular complexity index is 1240. The fourth-order valence-electron chi connectivity index (χ4n) is 3.01. The molecule has 0 atom stereocenters. The van der Waals surface area contributed by atoms with Crippen LogP contribution in [0, 0.1) is 18.2 Å². The van der Waals surface area contributed by atoms with Crippen molar-refractivity contribution in [1.29, 1.82) is 0 Å². The van der Waals surface area contributed by atoms with Crippen molar-refractivity contribution in [2.75, 3.05) is 0 Å². The number of aromatic nitrogens is 5. The van der Waals surface area contributed by atoms with Gasteiger partial charge in [0.05, 0.1) is 11.5 Å². The molecule has 0 fully saturated rings. The van der Waals surface area contributed by atoms with Crippen LogP contribution in [0.4, 0.5) is 17.6 Å². The van der Waals surface area contributed by atoms with Crippen LogP contribution in [0.3, 0.4) is 0 Å². The molecule has 0 N–H and O–H groups in total. The molecule has 0 aliphatic heterocycles. The molecule has 4 aromatic rings.